The Morgan fingerprint density at radius 1 is 1.06 bits per heavy atom. The molecule has 2 aromatic carbocycles. The fourth-order valence-corrected chi connectivity index (χ4v) is 4.47. The van der Waals surface area contributed by atoms with E-state index >= 15 is 0 Å². The number of halogens is 2. The summed E-state index contributed by atoms with van der Waals surface area (Å²) in [7, 11) is 0. The van der Waals surface area contributed by atoms with Gasteiger partial charge in [-0.2, -0.15) is 5.10 Å². The summed E-state index contributed by atoms with van der Waals surface area (Å²) in [4.78, 5) is 30.9. The van der Waals surface area contributed by atoms with Crippen LogP contribution in [0.2, 0.25) is 0 Å². The lowest BCUT2D eigenvalue weighted by Gasteiger charge is -2.32. The van der Waals surface area contributed by atoms with Crippen molar-refractivity contribution in [1.82, 2.24) is 19.7 Å². The van der Waals surface area contributed by atoms with Gasteiger partial charge in [-0.05, 0) is 54.1 Å². The van der Waals surface area contributed by atoms with Gasteiger partial charge in [-0.1, -0.05) is 19.1 Å². The number of benzene rings is 2. The Kier molecular flexibility index (Phi) is 5.90. The molecule has 0 aliphatic carbocycles. The lowest BCUT2D eigenvalue weighted by Crippen LogP contribution is -2.38. The number of aromatic amines is 1. The Hall–Kier alpha value is -4.27. The smallest absolute Gasteiger partial charge is 0.276 e. The number of nitrogens with zero attached hydrogens (tertiary/aromatic N) is 3. The van der Waals surface area contributed by atoms with E-state index < -0.39 is 11.7 Å². The van der Waals surface area contributed by atoms with Gasteiger partial charge in [0, 0.05) is 35.6 Å². The molecule has 178 valence electrons. The SMILES string of the molecule is CC1CN(C(=O)c2ccc[nH]2)Cc2c(C(=O)Nc3ccc(F)cc3)nn(Cc3ccc(F)cc3)c21. The van der Waals surface area contributed by atoms with Crippen LogP contribution in [0.3, 0.4) is 0 Å². The van der Waals surface area contributed by atoms with Crippen molar-refractivity contribution in [2.45, 2.75) is 25.9 Å². The molecule has 5 rings (SSSR count). The molecule has 1 unspecified atom stereocenters. The van der Waals surface area contributed by atoms with Crippen LogP contribution in [0.5, 0.6) is 0 Å². The van der Waals surface area contributed by atoms with Crippen LogP contribution in [0.1, 0.15) is 50.6 Å². The maximum absolute atomic E-state index is 13.4. The molecule has 0 spiro atoms. The molecule has 9 heteroatoms. The first-order chi connectivity index (χ1) is 16.9. The molecule has 3 heterocycles. The van der Waals surface area contributed by atoms with Crippen LogP contribution in [0.15, 0.2) is 66.9 Å². The molecule has 2 N–H and O–H groups in total. The third-order valence-corrected chi connectivity index (χ3v) is 6.08. The lowest BCUT2D eigenvalue weighted by atomic mass is 9.95. The van der Waals surface area contributed by atoms with Crippen molar-refractivity contribution in [3.8, 4) is 0 Å². The third kappa shape index (κ3) is 4.57. The third-order valence-electron chi connectivity index (χ3n) is 6.08. The molecule has 0 radical (unpaired) electrons. The van der Waals surface area contributed by atoms with Crippen molar-refractivity contribution < 1.29 is 18.4 Å². The first-order valence-corrected chi connectivity index (χ1v) is 11.2. The molecule has 1 atom stereocenters. The van der Waals surface area contributed by atoms with Gasteiger partial charge in [-0.15, -0.1) is 0 Å². The van der Waals surface area contributed by atoms with Gasteiger partial charge in [0.25, 0.3) is 11.8 Å². The van der Waals surface area contributed by atoms with Crippen LogP contribution < -0.4 is 5.32 Å². The molecule has 0 saturated carbocycles. The molecule has 0 bridgehead atoms. The van der Waals surface area contributed by atoms with Gasteiger partial charge in [0.15, 0.2) is 5.69 Å². The second-order valence-corrected chi connectivity index (χ2v) is 8.63. The molecule has 4 aromatic rings. The lowest BCUT2D eigenvalue weighted by molar-refractivity contribution is 0.0711. The van der Waals surface area contributed by atoms with Crippen molar-refractivity contribution >= 4 is 17.5 Å². The van der Waals surface area contributed by atoms with E-state index in [9.17, 15) is 18.4 Å². The van der Waals surface area contributed by atoms with Gasteiger partial charge >= 0.3 is 0 Å². The Bertz CT molecular complexity index is 1360. The number of fused-ring (bicyclic) bond motifs is 1. The zero-order valence-corrected chi connectivity index (χ0v) is 19.0. The number of amides is 2. The van der Waals surface area contributed by atoms with Crippen molar-refractivity contribution in [2.75, 3.05) is 11.9 Å². The van der Waals surface area contributed by atoms with Crippen LogP contribution in [0.4, 0.5) is 14.5 Å². The maximum atomic E-state index is 13.4. The quantitative estimate of drug-likeness (QED) is 0.444. The van der Waals surface area contributed by atoms with Crippen molar-refractivity contribution in [3.63, 3.8) is 0 Å². The van der Waals surface area contributed by atoms with Gasteiger partial charge < -0.3 is 15.2 Å². The summed E-state index contributed by atoms with van der Waals surface area (Å²) in [6.45, 7) is 3.00. The predicted molar refractivity (Wildman–Crippen MR) is 126 cm³/mol. The zero-order valence-electron chi connectivity index (χ0n) is 19.0. The number of carbonyl (C=O) groups is 2. The standard InChI is InChI=1S/C26H23F2N5O2/c1-16-13-32(26(35)22-3-2-12-29-22)15-21-23(25(34)30-20-10-8-19(28)9-11-20)31-33(24(16)21)14-17-4-6-18(27)7-5-17/h2-12,16,29H,13-15H2,1H3,(H,30,34). The highest BCUT2D eigenvalue weighted by Gasteiger charge is 2.34. The second-order valence-electron chi connectivity index (χ2n) is 8.63. The molecule has 1 aliphatic heterocycles. The van der Waals surface area contributed by atoms with Crippen molar-refractivity contribution in [1.29, 1.82) is 0 Å². The molecule has 0 fully saturated rings. The van der Waals surface area contributed by atoms with Gasteiger partial charge in [-0.25, -0.2) is 8.78 Å². The van der Waals surface area contributed by atoms with Crippen LogP contribution in [-0.4, -0.2) is 38.0 Å². The molecule has 2 amide bonds. The number of anilines is 1. The fourth-order valence-electron chi connectivity index (χ4n) is 4.47. The van der Waals surface area contributed by atoms with E-state index in [1.165, 1.54) is 36.4 Å². The Morgan fingerprint density at radius 3 is 2.40 bits per heavy atom. The molecule has 0 saturated heterocycles. The van der Waals surface area contributed by atoms with E-state index in [2.05, 4.69) is 15.4 Å². The number of carbonyl (C=O) groups excluding carboxylic acids is 2. The second kappa shape index (κ2) is 9.17. The van der Waals surface area contributed by atoms with E-state index in [4.69, 9.17) is 0 Å². The highest BCUT2D eigenvalue weighted by Crippen LogP contribution is 2.32. The van der Waals surface area contributed by atoms with Gasteiger partial charge in [0.05, 0.1) is 13.1 Å². The highest BCUT2D eigenvalue weighted by atomic mass is 19.1. The van der Waals surface area contributed by atoms with Crippen LogP contribution in [0, 0.1) is 11.6 Å². The van der Waals surface area contributed by atoms with E-state index in [-0.39, 0.29) is 29.9 Å². The molecular formula is C26H23F2N5O2. The Morgan fingerprint density at radius 2 is 1.74 bits per heavy atom. The summed E-state index contributed by atoms with van der Waals surface area (Å²) >= 11 is 0. The summed E-state index contributed by atoms with van der Waals surface area (Å²) in [5, 5.41) is 7.39. The molecular weight excluding hydrogens is 452 g/mol. The molecule has 7 nitrogen and oxygen atoms in total. The van der Waals surface area contributed by atoms with E-state index in [0.717, 1.165) is 11.3 Å². The van der Waals surface area contributed by atoms with Gasteiger partial charge in [0.1, 0.15) is 17.3 Å². The highest BCUT2D eigenvalue weighted by molar-refractivity contribution is 6.04. The van der Waals surface area contributed by atoms with Crippen molar-refractivity contribution in [3.05, 3.63) is 107 Å². The predicted octanol–water partition coefficient (Wildman–Crippen LogP) is 4.55. The fraction of sp³-hybridized carbons (Fsp3) is 0.192. The summed E-state index contributed by atoms with van der Waals surface area (Å²) < 4.78 is 28.4. The molecule has 1 aliphatic rings. The average Bonchev–Trinajstić information content (AvgIpc) is 3.50. The van der Waals surface area contributed by atoms with E-state index in [0.29, 0.717) is 30.0 Å². The number of aromatic nitrogens is 3. The first-order valence-electron chi connectivity index (χ1n) is 11.2. The van der Waals surface area contributed by atoms with E-state index in [1.54, 1.807) is 40.0 Å². The van der Waals surface area contributed by atoms with Crippen LogP contribution >= 0.6 is 0 Å². The topological polar surface area (TPSA) is 83.0 Å². The number of hydrogen-bond donors (Lipinski definition) is 2. The normalized spacial score (nSPS) is 15.1. The summed E-state index contributed by atoms with van der Waals surface area (Å²) in [5.41, 5.74) is 3.44. The minimum Gasteiger partial charge on any atom is -0.357 e. The monoisotopic (exact) mass is 475 g/mol. The minimum atomic E-state index is -0.452. The molecule has 2 aromatic heterocycles. The first kappa shape index (κ1) is 22.5. The summed E-state index contributed by atoms with van der Waals surface area (Å²) in [5.74, 6) is -1.45. The number of hydrogen-bond acceptors (Lipinski definition) is 3. The number of rotatable bonds is 5. The molecule has 35 heavy (non-hydrogen) atoms. The average molecular weight is 475 g/mol. The van der Waals surface area contributed by atoms with Crippen molar-refractivity contribution in [2.24, 2.45) is 0 Å². The summed E-state index contributed by atoms with van der Waals surface area (Å²) in [6, 6.07) is 15.1. The summed E-state index contributed by atoms with van der Waals surface area (Å²) in [6.07, 6.45) is 1.69. The van der Waals surface area contributed by atoms with Gasteiger partial charge in [0.2, 0.25) is 0 Å². The van der Waals surface area contributed by atoms with Crippen LogP contribution in [-0.2, 0) is 13.1 Å². The minimum absolute atomic E-state index is 0.0991. The Labute approximate surface area is 200 Å². The largest absolute Gasteiger partial charge is 0.357 e. The zero-order chi connectivity index (χ0) is 24.5. The van der Waals surface area contributed by atoms with Crippen LogP contribution in [0.25, 0.3) is 0 Å². The Balaban J connectivity index is 1.51. The van der Waals surface area contributed by atoms with Gasteiger partial charge in [-0.3, -0.25) is 14.3 Å². The number of H-pyrrole nitrogens is 1. The van der Waals surface area contributed by atoms with E-state index in [1.807, 2.05) is 6.92 Å². The maximum Gasteiger partial charge on any atom is 0.276 e. The number of nitrogens with one attached hydrogen (secondary N) is 2.